The van der Waals surface area contributed by atoms with Crippen molar-refractivity contribution in [3.8, 4) is 11.1 Å². The molecule has 0 amide bonds. The van der Waals surface area contributed by atoms with Gasteiger partial charge in [-0.05, 0) is 29.5 Å². The Morgan fingerprint density at radius 3 is 2.35 bits per heavy atom. The second-order valence-electron chi connectivity index (χ2n) is 4.90. The number of benzene rings is 2. The number of hydrogen-bond donors (Lipinski definition) is 1. The fourth-order valence-electron chi connectivity index (χ4n) is 2.52. The van der Waals surface area contributed by atoms with Gasteiger partial charge in [-0.3, -0.25) is 0 Å². The number of rotatable bonds is 4. The van der Waals surface area contributed by atoms with Crippen LogP contribution in [0, 0.1) is 0 Å². The monoisotopic (exact) mass is 326 g/mol. The minimum Gasteiger partial charge on any atom is -0.475 e. The Morgan fingerprint density at radius 1 is 1.09 bits per heavy atom. The van der Waals surface area contributed by atoms with Crippen molar-refractivity contribution in [2.75, 3.05) is 5.75 Å². The van der Waals surface area contributed by atoms with E-state index in [4.69, 9.17) is 4.42 Å². The lowest BCUT2D eigenvalue weighted by atomic mass is 9.98. The second-order valence-corrected chi connectivity index (χ2v) is 6.24. The van der Waals surface area contributed by atoms with Crippen molar-refractivity contribution >= 4 is 28.5 Å². The highest BCUT2D eigenvalue weighted by Crippen LogP contribution is 2.32. The first-order valence-corrected chi connectivity index (χ1v) is 8.12. The minimum absolute atomic E-state index is 0.329. The molecule has 0 spiro atoms. The van der Waals surface area contributed by atoms with Crippen LogP contribution in [0.3, 0.4) is 0 Å². The zero-order valence-electron chi connectivity index (χ0n) is 12.4. The molecule has 0 aliphatic rings. The Balaban J connectivity index is 2.30. The fraction of sp³-hybridized carbons (Fsp3) is 0.111. The first-order chi connectivity index (χ1) is 11.1. The van der Waals surface area contributed by atoms with E-state index in [0.717, 1.165) is 10.6 Å². The van der Waals surface area contributed by atoms with E-state index in [9.17, 15) is 14.7 Å². The van der Waals surface area contributed by atoms with Crippen LogP contribution in [-0.2, 0) is 0 Å². The number of hydrogen-bond acceptors (Lipinski definition) is 4. The highest BCUT2D eigenvalue weighted by Gasteiger charge is 2.20. The summed E-state index contributed by atoms with van der Waals surface area (Å²) in [4.78, 5) is 24.6. The summed E-state index contributed by atoms with van der Waals surface area (Å²) in [5.74, 6) is -0.623. The molecule has 0 saturated carbocycles. The van der Waals surface area contributed by atoms with Gasteiger partial charge in [-0.15, -0.1) is 11.8 Å². The van der Waals surface area contributed by atoms with E-state index in [1.165, 1.54) is 0 Å². The predicted octanol–water partition coefficient (Wildman–Crippen LogP) is 4.27. The van der Waals surface area contributed by atoms with Gasteiger partial charge in [0, 0.05) is 15.8 Å². The van der Waals surface area contributed by atoms with Crippen LogP contribution in [0.5, 0.6) is 0 Å². The summed E-state index contributed by atoms with van der Waals surface area (Å²) < 4.78 is 5.05. The molecule has 0 fully saturated rings. The number of carboxylic acid groups (broad SMARTS) is 1. The molecular formula is C18H14O4S. The van der Waals surface area contributed by atoms with E-state index < -0.39 is 11.6 Å². The van der Waals surface area contributed by atoms with Crippen LogP contribution >= 0.6 is 11.8 Å². The molecule has 1 N–H and O–H groups in total. The van der Waals surface area contributed by atoms with Crippen molar-refractivity contribution in [3.05, 3.63) is 64.7 Å². The van der Waals surface area contributed by atoms with Gasteiger partial charge in [0.25, 0.3) is 0 Å². The molecule has 0 unspecified atom stereocenters. The van der Waals surface area contributed by atoms with Crippen LogP contribution in [-0.4, -0.2) is 16.8 Å². The third-order valence-electron chi connectivity index (χ3n) is 3.49. The van der Waals surface area contributed by atoms with Gasteiger partial charge in [0.05, 0.1) is 5.39 Å². The summed E-state index contributed by atoms with van der Waals surface area (Å²) in [5, 5.41) is 10.4. The van der Waals surface area contributed by atoms with Crippen LogP contribution in [0.2, 0.25) is 0 Å². The van der Waals surface area contributed by atoms with Crippen LogP contribution in [0.1, 0.15) is 17.5 Å². The fourth-order valence-corrected chi connectivity index (χ4v) is 3.18. The van der Waals surface area contributed by atoms with Crippen LogP contribution < -0.4 is 5.63 Å². The summed E-state index contributed by atoms with van der Waals surface area (Å²) in [6.07, 6.45) is 0. The van der Waals surface area contributed by atoms with Crippen molar-refractivity contribution in [1.82, 2.24) is 0 Å². The molecule has 0 aliphatic carbocycles. The van der Waals surface area contributed by atoms with Gasteiger partial charge >= 0.3 is 11.6 Å². The molecule has 2 aromatic carbocycles. The summed E-state index contributed by atoms with van der Waals surface area (Å²) in [6, 6.07) is 14.5. The minimum atomic E-state index is -1.25. The third kappa shape index (κ3) is 2.87. The standard InChI is InChI=1S/C18H14O4S/c1-2-23-12-9-7-11(8-10-12)15-13-5-3-4-6-14(13)18(21)22-16(15)17(19)20/h3-10H,2H2,1H3,(H,19,20). The number of carbonyl (C=O) groups is 1. The molecule has 4 nitrogen and oxygen atoms in total. The number of thioether (sulfide) groups is 1. The normalized spacial score (nSPS) is 10.8. The lowest BCUT2D eigenvalue weighted by Gasteiger charge is -2.09. The third-order valence-corrected chi connectivity index (χ3v) is 4.38. The predicted molar refractivity (Wildman–Crippen MR) is 91.3 cm³/mol. The van der Waals surface area contributed by atoms with Gasteiger partial charge in [-0.1, -0.05) is 37.3 Å². The maximum absolute atomic E-state index is 12.0. The van der Waals surface area contributed by atoms with Gasteiger partial charge in [-0.2, -0.15) is 0 Å². The molecule has 0 radical (unpaired) electrons. The smallest absolute Gasteiger partial charge is 0.372 e. The molecule has 3 aromatic rings. The van der Waals surface area contributed by atoms with Crippen LogP contribution in [0.4, 0.5) is 0 Å². The van der Waals surface area contributed by atoms with Gasteiger partial charge < -0.3 is 9.52 Å². The quantitative estimate of drug-likeness (QED) is 0.725. The van der Waals surface area contributed by atoms with Crippen molar-refractivity contribution < 1.29 is 14.3 Å². The topological polar surface area (TPSA) is 67.5 Å². The lowest BCUT2D eigenvalue weighted by molar-refractivity contribution is 0.0659. The molecule has 1 aromatic heterocycles. The zero-order chi connectivity index (χ0) is 16.4. The van der Waals surface area contributed by atoms with Gasteiger partial charge in [0.2, 0.25) is 5.76 Å². The van der Waals surface area contributed by atoms with Crippen molar-refractivity contribution in [1.29, 1.82) is 0 Å². The van der Waals surface area contributed by atoms with Crippen LogP contribution in [0.25, 0.3) is 21.9 Å². The van der Waals surface area contributed by atoms with Crippen molar-refractivity contribution in [3.63, 3.8) is 0 Å². The molecule has 3 rings (SSSR count). The van der Waals surface area contributed by atoms with E-state index >= 15 is 0 Å². The molecule has 0 aliphatic heterocycles. The number of carboxylic acids is 1. The van der Waals surface area contributed by atoms with Crippen LogP contribution in [0.15, 0.2) is 62.6 Å². The van der Waals surface area contributed by atoms with Gasteiger partial charge in [-0.25, -0.2) is 9.59 Å². The van der Waals surface area contributed by atoms with Gasteiger partial charge in [0.15, 0.2) is 0 Å². The Bertz CT molecular complexity index is 926. The van der Waals surface area contributed by atoms with Gasteiger partial charge in [0.1, 0.15) is 0 Å². The average Bonchev–Trinajstić information content (AvgIpc) is 2.56. The largest absolute Gasteiger partial charge is 0.475 e. The molecule has 0 saturated heterocycles. The SMILES string of the molecule is CCSc1ccc(-c2c(C(=O)O)oc(=O)c3ccccc23)cc1. The molecular weight excluding hydrogens is 312 g/mol. The van der Waals surface area contributed by atoms with Crippen molar-refractivity contribution in [2.24, 2.45) is 0 Å². The molecule has 1 heterocycles. The maximum Gasteiger partial charge on any atom is 0.372 e. The number of fused-ring (bicyclic) bond motifs is 1. The molecule has 0 bridgehead atoms. The molecule has 23 heavy (non-hydrogen) atoms. The lowest BCUT2D eigenvalue weighted by Crippen LogP contribution is -2.09. The van der Waals surface area contributed by atoms with E-state index in [1.807, 2.05) is 24.3 Å². The Morgan fingerprint density at radius 2 is 1.74 bits per heavy atom. The highest BCUT2D eigenvalue weighted by atomic mass is 32.2. The van der Waals surface area contributed by atoms with E-state index in [-0.39, 0.29) is 5.76 Å². The molecule has 116 valence electrons. The average molecular weight is 326 g/mol. The summed E-state index contributed by atoms with van der Waals surface area (Å²) in [6.45, 7) is 2.07. The maximum atomic E-state index is 12.0. The summed E-state index contributed by atoms with van der Waals surface area (Å²) in [7, 11) is 0. The molecule has 5 heteroatoms. The summed E-state index contributed by atoms with van der Waals surface area (Å²) in [5.41, 5.74) is 0.503. The Kier molecular flexibility index (Phi) is 4.21. The Labute approximate surface area is 136 Å². The zero-order valence-corrected chi connectivity index (χ0v) is 13.2. The van der Waals surface area contributed by atoms with Crippen molar-refractivity contribution in [2.45, 2.75) is 11.8 Å². The summed E-state index contributed by atoms with van der Waals surface area (Å²) >= 11 is 1.71. The second kappa shape index (κ2) is 6.30. The molecule has 0 atom stereocenters. The Hall–Kier alpha value is -2.53. The first-order valence-electron chi connectivity index (χ1n) is 7.14. The van der Waals surface area contributed by atoms with E-state index in [0.29, 0.717) is 21.9 Å². The van der Waals surface area contributed by atoms with E-state index in [2.05, 4.69) is 6.92 Å². The highest BCUT2D eigenvalue weighted by molar-refractivity contribution is 7.99. The first kappa shape index (κ1) is 15.4. The number of aromatic carboxylic acids is 1. The van der Waals surface area contributed by atoms with E-state index in [1.54, 1.807) is 36.0 Å².